The van der Waals surface area contributed by atoms with Crippen molar-refractivity contribution in [1.29, 1.82) is 0 Å². The van der Waals surface area contributed by atoms with E-state index in [9.17, 15) is 0 Å². The van der Waals surface area contributed by atoms with Crippen LogP contribution in [0.1, 0.15) is 0 Å². The van der Waals surface area contributed by atoms with Gasteiger partial charge >= 0.3 is 0 Å². The van der Waals surface area contributed by atoms with Gasteiger partial charge in [-0.15, -0.1) is 0 Å². The molecule has 0 saturated heterocycles. The molecule has 0 unspecified atom stereocenters. The third-order valence-electron chi connectivity index (χ3n) is 3.16. The maximum atomic E-state index is 6.31. The maximum Gasteiger partial charge on any atom is 0.0484 e. The monoisotopic (exact) mass is 297 g/mol. The van der Waals surface area contributed by atoms with Crippen molar-refractivity contribution in [3.63, 3.8) is 0 Å². The molecule has 2 heteroatoms. The van der Waals surface area contributed by atoms with Crippen molar-refractivity contribution in [2.45, 2.75) is 0 Å². The lowest BCUT2D eigenvalue weighted by molar-refractivity contribution is 1.57. The summed E-state index contributed by atoms with van der Waals surface area (Å²) in [6.45, 7) is 0. The largest absolute Gasteiger partial charge is 0.0837 e. The van der Waals surface area contributed by atoms with E-state index in [1.165, 1.54) is 0 Å². The Bertz CT molecular complexity index is 683. The van der Waals surface area contributed by atoms with Gasteiger partial charge in [-0.1, -0.05) is 77.8 Å². The van der Waals surface area contributed by atoms with Gasteiger partial charge in [0.2, 0.25) is 0 Å². The van der Waals surface area contributed by atoms with Crippen molar-refractivity contribution in [2.24, 2.45) is 0 Å². The van der Waals surface area contributed by atoms with E-state index in [2.05, 4.69) is 6.07 Å². The minimum Gasteiger partial charge on any atom is -0.0837 e. The van der Waals surface area contributed by atoms with Gasteiger partial charge in [-0.25, -0.2) is 0 Å². The Labute approximate surface area is 128 Å². The summed E-state index contributed by atoms with van der Waals surface area (Å²) in [7, 11) is 0. The van der Waals surface area contributed by atoms with Crippen LogP contribution in [0.15, 0.2) is 66.7 Å². The highest BCUT2D eigenvalue weighted by molar-refractivity contribution is 6.34. The molecule has 0 atom stereocenters. The van der Waals surface area contributed by atoms with E-state index < -0.39 is 0 Å². The number of benzene rings is 3. The van der Waals surface area contributed by atoms with Crippen LogP contribution in [0.2, 0.25) is 10.0 Å². The summed E-state index contributed by atoms with van der Waals surface area (Å²) in [5.41, 5.74) is 3.95. The molecule has 0 aliphatic rings. The second kappa shape index (κ2) is 5.70. The molecule has 0 amide bonds. The van der Waals surface area contributed by atoms with Crippen LogP contribution >= 0.6 is 23.2 Å². The Balaban J connectivity index is 2.25. The molecular weight excluding hydrogens is 287 g/mol. The summed E-state index contributed by atoms with van der Waals surface area (Å²) in [4.78, 5) is 0. The average Bonchev–Trinajstić information content (AvgIpc) is 2.48. The number of halogens is 2. The minimum atomic E-state index is 0.711. The molecule has 0 fully saturated rings. The zero-order valence-electron chi connectivity index (χ0n) is 10.6. The predicted octanol–water partition coefficient (Wildman–Crippen LogP) is 6.13. The molecule has 0 N–H and O–H groups in total. The first kappa shape index (κ1) is 13.2. The first-order valence-electron chi connectivity index (χ1n) is 6.28. The van der Waals surface area contributed by atoms with Crippen LogP contribution in [0.25, 0.3) is 22.3 Å². The van der Waals surface area contributed by atoms with Gasteiger partial charge < -0.3 is 0 Å². The van der Waals surface area contributed by atoms with Gasteiger partial charge in [0.15, 0.2) is 0 Å². The molecule has 3 aromatic carbocycles. The second-order valence-electron chi connectivity index (χ2n) is 4.42. The van der Waals surface area contributed by atoms with E-state index in [0.717, 1.165) is 27.3 Å². The van der Waals surface area contributed by atoms with Gasteiger partial charge in [0.05, 0.1) is 0 Å². The molecule has 97 valence electrons. The number of rotatable bonds is 2. The average molecular weight is 298 g/mol. The van der Waals surface area contributed by atoms with Crippen LogP contribution in [0.5, 0.6) is 0 Å². The van der Waals surface area contributed by atoms with E-state index in [4.69, 9.17) is 23.2 Å². The van der Waals surface area contributed by atoms with Crippen LogP contribution in [0.3, 0.4) is 0 Å². The molecule has 1 radical (unpaired) electrons. The van der Waals surface area contributed by atoms with Crippen LogP contribution < -0.4 is 0 Å². The highest BCUT2D eigenvalue weighted by Crippen LogP contribution is 2.37. The molecule has 0 nitrogen and oxygen atoms in total. The van der Waals surface area contributed by atoms with Crippen LogP contribution in [-0.4, -0.2) is 0 Å². The quantitative estimate of drug-likeness (QED) is 0.534. The Morgan fingerprint density at radius 1 is 0.600 bits per heavy atom. The number of hydrogen-bond donors (Lipinski definition) is 0. The third-order valence-corrected chi connectivity index (χ3v) is 3.82. The summed E-state index contributed by atoms with van der Waals surface area (Å²) in [5.74, 6) is 0. The summed E-state index contributed by atoms with van der Waals surface area (Å²) in [6, 6.07) is 24.7. The topological polar surface area (TPSA) is 0 Å². The van der Waals surface area contributed by atoms with Gasteiger partial charge in [-0.05, 0) is 29.3 Å². The van der Waals surface area contributed by atoms with E-state index in [1.807, 2.05) is 66.7 Å². The molecule has 0 heterocycles. The molecule has 0 aliphatic heterocycles. The fourth-order valence-corrected chi connectivity index (χ4v) is 2.70. The van der Waals surface area contributed by atoms with Gasteiger partial charge in [-0.2, -0.15) is 0 Å². The van der Waals surface area contributed by atoms with Crippen LogP contribution in [0.4, 0.5) is 0 Å². The summed E-state index contributed by atoms with van der Waals surface area (Å²) >= 11 is 12.6. The van der Waals surface area contributed by atoms with Crippen molar-refractivity contribution < 1.29 is 0 Å². The van der Waals surface area contributed by atoms with Crippen molar-refractivity contribution >= 4 is 23.2 Å². The first-order chi connectivity index (χ1) is 9.77. The smallest absolute Gasteiger partial charge is 0.0484 e. The molecule has 3 rings (SSSR count). The highest BCUT2D eigenvalue weighted by atomic mass is 35.5. The molecule has 20 heavy (non-hydrogen) atoms. The third kappa shape index (κ3) is 2.45. The van der Waals surface area contributed by atoms with E-state index in [-0.39, 0.29) is 0 Å². The molecule has 0 spiro atoms. The summed E-state index contributed by atoms with van der Waals surface area (Å²) in [5, 5.41) is 1.43. The minimum absolute atomic E-state index is 0.711. The zero-order chi connectivity index (χ0) is 13.9. The predicted molar refractivity (Wildman–Crippen MR) is 86.2 cm³/mol. The van der Waals surface area contributed by atoms with Crippen molar-refractivity contribution in [3.05, 3.63) is 82.8 Å². The normalized spacial score (nSPS) is 10.5. The Morgan fingerprint density at radius 3 is 1.80 bits per heavy atom. The number of hydrogen-bond acceptors (Lipinski definition) is 0. The van der Waals surface area contributed by atoms with E-state index in [1.54, 1.807) is 0 Å². The van der Waals surface area contributed by atoms with Crippen molar-refractivity contribution in [1.82, 2.24) is 0 Å². The van der Waals surface area contributed by atoms with Crippen molar-refractivity contribution in [2.75, 3.05) is 0 Å². The van der Waals surface area contributed by atoms with Crippen molar-refractivity contribution in [3.8, 4) is 22.3 Å². The fourth-order valence-electron chi connectivity index (χ4n) is 2.23. The molecule has 3 aromatic rings. The molecule has 0 saturated carbocycles. The molecule has 0 aromatic heterocycles. The summed E-state index contributed by atoms with van der Waals surface area (Å²) in [6.07, 6.45) is 0. The van der Waals surface area contributed by atoms with E-state index >= 15 is 0 Å². The molecule has 0 bridgehead atoms. The first-order valence-corrected chi connectivity index (χ1v) is 7.03. The maximum absolute atomic E-state index is 6.31. The Morgan fingerprint density at radius 2 is 1.15 bits per heavy atom. The van der Waals surface area contributed by atoms with Crippen LogP contribution in [-0.2, 0) is 0 Å². The lowest BCUT2D eigenvalue weighted by atomic mass is 9.94. The lowest BCUT2D eigenvalue weighted by Gasteiger charge is -2.12. The van der Waals surface area contributed by atoms with Gasteiger partial charge in [0.25, 0.3) is 0 Å². The fraction of sp³-hybridized carbons (Fsp3) is 0. The SMILES string of the molecule is Clc1ccccc1-c1[c]cccc1-c1ccccc1Cl. The van der Waals surface area contributed by atoms with E-state index in [0.29, 0.717) is 5.02 Å². The summed E-state index contributed by atoms with van der Waals surface area (Å²) < 4.78 is 0. The molecular formula is C18H11Cl2. The highest BCUT2D eigenvalue weighted by Gasteiger charge is 2.11. The second-order valence-corrected chi connectivity index (χ2v) is 5.23. The van der Waals surface area contributed by atoms with Gasteiger partial charge in [0.1, 0.15) is 0 Å². The standard InChI is InChI=1S/C18H11Cl2/c19-17-11-5-3-9-15(17)13-7-1-2-8-14(13)16-10-4-6-12-18(16)20/h1-7,9-12H. The molecule has 0 aliphatic carbocycles. The Hall–Kier alpha value is -1.76. The van der Waals surface area contributed by atoms with Gasteiger partial charge in [-0.3, -0.25) is 0 Å². The lowest BCUT2D eigenvalue weighted by Crippen LogP contribution is -1.87. The van der Waals surface area contributed by atoms with Gasteiger partial charge in [0, 0.05) is 21.2 Å². The zero-order valence-corrected chi connectivity index (χ0v) is 12.1. The van der Waals surface area contributed by atoms with Crippen LogP contribution in [0, 0.1) is 6.07 Å². The Kier molecular flexibility index (Phi) is 3.77.